The van der Waals surface area contributed by atoms with E-state index in [-0.39, 0.29) is 30.9 Å². The number of hydrogen-bond donors (Lipinski definition) is 2. The molecule has 0 bridgehead atoms. The molecule has 1 unspecified atom stereocenters. The maximum atomic E-state index is 14.4. The van der Waals surface area contributed by atoms with Gasteiger partial charge in [0.15, 0.2) is 0 Å². The topological polar surface area (TPSA) is 125 Å². The molecule has 10 nitrogen and oxygen atoms in total. The van der Waals surface area contributed by atoms with Crippen molar-refractivity contribution < 1.29 is 33.8 Å². The van der Waals surface area contributed by atoms with Gasteiger partial charge in [0.2, 0.25) is 17.7 Å². The Labute approximate surface area is 253 Å². The molecule has 10 heteroatoms. The van der Waals surface area contributed by atoms with Crippen LogP contribution < -0.4 is 5.32 Å². The molecular formula is C33H43N3O7. The van der Waals surface area contributed by atoms with Gasteiger partial charge >= 0.3 is 5.97 Å². The average molecular weight is 594 g/mol. The number of allylic oxidation sites excluding steroid dienone is 1. The predicted molar refractivity (Wildman–Crippen MR) is 158 cm³/mol. The Kier molecular flexibility index (Phi) is 9.08. The van der Waals surface area contributed by atoms with E-state index in [1.54, 1.807) is 37.0 Å². The number of nitrogens with one attached hydrogen (secondary N) is 1. The fraction of sp³-hybridized carbons (Fsp3) is 0.576. The van der Waals surface area contributed by atoms with Gasteiger partial charge in [0.1, 0.15) is 23.7 Å². The summed E-state index contributed by atoms with van der Waals surface area (Å²) in [5.41, 5.74) is -0.725. The monoisotopic (exact) mass is 593 g/mol. The van der Waals surface area contributed by atoms with Crippen molar-refractivity contribution in [3.05, 3.63) is 60.2 Å². The number of ether oxygens (including phenoxy) is 2. The van der Waals surface area contributed by atoms with Crippen LogP contribution in [0.2, 0.25) is 0 Å². The molecule has 0 radical (unpaired) electrons. The van der Waals surface area contributed by atoms with Crippen LogP contribution in [0.3, 0.4) is 0 Å². The number of nitrogens with zero attached hydrogens (tertiary/aromatic N) is 2. The van der Waals surface area contributed by atoms with Crippen molar-refractivity contribution in [1.29, 1.82) is 0 Å². The summed E-state index contributed by atoms with van der Waals surface area (Å²) in [6.07, 6.45) is 7.81. The fourth-order valence-corrected chi connectivity index (χ4v) is 7.19. The van der Waals surface area contributed by atoms with Gasteiger partial charge in [-0.3, -0.25) is 19.2 Å². The minimum Gasteiger partial charge on any atom is -0.455 e. The van der Waals surface area contributed by atoms with E-state index in [0.29, 0.717) is 18.5 Å². The first-order chi connectivity index (χ1) is 20.6. The number of rotatable bonds is 6. The number of hydrogen-bond acceptors (Lipinski definition) is 7. The molecule has 2 fully saturated rings. The molecule has 9 atom stereocenters. The number of likely N-dealkylation sites (tertiary alicyclic amines) is 1. The number of aliphatic hydroxyl groups excluding tert-OH is 1. The van der Waals surface area contributed by atoms with Crippen LogP contribution in [0.1, 0.15) is 65.0 Å². The smallest absolute Gasteiger partial charge is 0.313 e. The average Bonchev–Trinajstić information content (AvgIpc) is 3.38. The highest BCUT2D eigenvalue weighted by molar-refractivity contribution is 5.99. The normalized spacial score (nSPS) is 35.0. The lowest BCUT2D eigenvalue weighted by molar-refractivity contribution is -0.162. The third-order valence-corrected chi connectivity index (χ3v) is 9.29. The van der Waals surface area contributed by atoms with Gasteiger partial charge in [0.05, 0.1) is 30.7 Å². The van der Waals surface area contributed by atoms with Crippen LogP contribution in [0, 0.1) is 11.8 Å². The van der Waals surface area contributed by atoms with Crippen molar-refractivity contribution in [2.75, 3.05) is 13.2 Å². The van der Waals surface area contributed by atoms with Gasteiger partial charge in [-0.25, -0.2) is 0 Å². The van der Waals surface area contributed by atoms with E-state index in [1.165, 1.54) is 4.90 Å². The molecule has 0 saturated carbocycles. The van der Waals surface area contributed by atoms with Crippen LogP contribution >= 0.6 is 0 Å². The van der Waals surface area contributed by atoms with Gasteiger partial charge in [-0.1, -0.05) is 68.0 Å². The van der Waals surface area contributed by atoms with E-state index in [2.05, 4.69) is 12.2 Å². The number of amides is 3. The molecule has 1 spiro atoms. The van der Waals surface area contributed by atoms with Crippen molar-refractivity contribution in [2.24, 2.45) is 11.8 Å². The third-order valence-electron chi connectivity index (χ3n) is 9.29. The minimum absolute atomic E-state index is 0.0737. The highest BCUT2D eigenvalue weighted by Crippen LogP contribution is 2.54. The van der Waals surface area contributed by atoms with Crippen LogP contribution in [0.5, 0.6) is 0 Å². The van der Waals surface area contributed by atoms with E-state index in [1.807, 2.05) is 43.3 Å². The number of carbonyl (C=O) groups is 4. The molecular weight excluding hydrogens is 550 g/mol. The van der Waals surface area contributed by atoms with Crippen LogP contribution in [0.25, 0.3) is 0 Å². The first-order valence-electron chi connectivity index (χ1n) is 15.4. The molecule has 4 heterocycles. The lowest BCUT2D eigenvalue weighted by Gasteiger charge is -2.39. The number of cyclic esters (lactones) is 1. The quantitative estimate of drug-likeness (QED) is 0.384. The SMILES string of the molecule is CCCC(C)N1CC=C[C@@]23O[C@H]4/C=C\CCC(=O)N[C@@H](C)[C@H](c5ccccc5)OC(=O)[C@H]4[C@@H]2C(=O)N([C@H](C)CO)[C@H]3C1=O. The van der Waals surface area contributed by atoms with E-state index in [9.17, 15) is 24.3 Å². The summed E-state index contributed by atoms with van der Waals surface area (Å²) in [4.78, 5) is 58.9. The molecule has 0 aromatic heterocycles. The number of esters is 1. The Balaban J connectivity index is 1.60. The summed E-state index contributed by atoms with van der Waals surface area (Å²) >= 11 is 0. The van der Waals surface area contributed by atoms with Crippen molar-refractivity contribution in [3.63, 3.8) is 0 Å². The van der Waals surface area contributed by atoms with Gasteiger partial charge in [-0.15, -0.1) is 0 Å². The molecule has 2 N–H and O–H groups in total. The summed E-state index contributed by atoms with van der Waals surface area (Å²) in [5, 5.41) is 13.1. The first kappa shape index (κ1) is 30.9. The van der Waals surface area contributed by atoms with Crippen LogP contribution in [0.4, 0.5) is 0 Å². The molecule has 1 aromatic rings. The minimum atomic E-state index is -1.43. The van der Waals surface area contributed by atoms with E-state index < -0.39 is 59.6 Å². The van der Waals surface area contributed by atoms with Crippen LogP contribution in [0.15, 0.2) is 54.6 Å². The zero-order chi connectivity index (χ0) is 30.9. The second-order valence-electron chi connectivity index (χ2n) is 12.2. The fourth-order valence-electron chi connectivity index (χ4n) is 7.19. The Hall–Kier alpha value is -3.50. The lowest BCUT2D eigenvalue weighted by atomic mass is 9.77. The third kappa shape index (κ3) is 5.51. The standard InChI is InChI=1S/C33H43N3O7/c1-5-12-20(2)35-18-11-17-33-27(30(39)36(21(3)19-37)29(33)31(35)40)26-24(43-33)15-9-10-16-25(38)34-22(4)28(42-32(26)41)23-13-7-6-8-14-23/h6-9,11,13-15,17,20-22,24,26-29,37H,5,10,12,16,18-19H2,1-4H3,(H,34,38)/b15-9-/t20?,21-,22+,24+,26-,27-,28-,29+,33-/m1/s1. The van der Waals surface area contributed by atoms with E-state index in [0.717, 1.165) is 12.8 Å². The first-order valence-corrected chi connectivity index (χ1v) is 15.4. The molecule has 4 aliphatic rings. The second kappa shape index (κ2) is 12.6. The molecule has 2 saturated heterocycles. The predicted octanol–water partition coefficient (Wildman–Crippen LogP) is 2.67. The molecule has 1 aromatic carbocycles. The van der Waals surface area contributed by atoms with Crippen molar-refractivity contribution in [1.82, 2.24) is 15.1 Å². The Morgan fingerprint density at radius 1 is 1.07 bits per heavy atom. The van der Waals surface area contributed by atoms with Gasteiger partial charge in [0.25, 0.3) is 0 Å². The lowest BCUT2D eigenvalue weighted by Crippen LogP contribution is -2.58. The maximum Gasteiger partial charge on any atom is 0.313 e. The molecule has 3 amide bonds. The number of benzene rings is 1. The molecule has 4 aliphatic heterocycles. The zero-order valence-corrected chi connectivity index (χ0v) is 25.3. The zero-order valence-electron chi connectivity index (χ0n) is 25.3. The van der Waals surface area contributed by atoms with Gasteiger partial charge in [-0.2, -0.15) is 0 Å². The number of aliphatic hydroxyl groups is 1. The van der Waals surface area contributed by atoms with Crippen molar-refractivity contribution in [2.45, 2.75) is 95.4 Å². The van der Waals surface area contributed by atoms with Gasteiger partial charge in [-0.05, 0) is 39.2 Å². The highest BCUT2D eigenvalue weighted by atomic mass is 16.6. The van der Waals surface area contributed by atoms with Gasteiger partial charge < -0.3 is 29.7 Å². The Morgan fingerprint density at radius 2 is 1.81 bits per heavy atom. The largest absolute Gasteiger partial charge is 0.455 e. The van der Waals surface area contributed by atoms with Crippen LogP contribution in [-0.2, 0) is 28.7 Å². The molecule has 5 rings (SSSR count). The summed E-state index contributed by atoms with van der Waals surface area (Å²) in [6, 6.07) is 6.84. The van der Waals surface area contributed by atoms with E-state index >= 15 is 0 Å². The summed E-state index contributed by atoms with van der Waals surface area (Å²) < 4.78 is 12.9. The molecule has 232 valence electrons. The Morgan fingerprint density at radius 3 is 2.51 bits per heavy atom. The van der Waals surface area contributed by atoms with Gasteiger partial charge in [0, 0.05) is 19.0 Å². The summed E-state index contributed by atoms with van der Waals surface area (Å²) in [5.74, 6) is -3.58. The number of fused-ring (bicyclic) bond motifs is 2. The maximum absolute atomic E-state index is 14.4. The van der Waals surface area contributed by atoms with E-state index in [4.69, 9.17) is 9.47 Å². The van der Waals surface area contributed by atoms with Crippen LogP contribution in [-0.4, -0.2) is 87.6 Å². The molecule has 0 aliphatic carbocycles. The summed E-state index contributed by atoms with van der Waals surface area (Å²) in [7, 11) is 0. The number of carbonyl (C=O) groups excluding carboxylic acids is 4. The van der Waals surface area contributed by atoms with Crippen molar-refractivity contribution >= 4 is 23.7 Å². The molecule has 43 heavy (non-hydrogen) atoms. The second-order valence-corrected chi connectivity index (χ2v) is 12.2. The highest BCUT2D eigenvalue weighted by Gasteiger charge is 2.72. The van der Waals surface area contributed by atoms with Crippen molar-refractivity contribution in [3.8, 4) is 0 Å². The summed E-state index contributed by atoms with van der Waals surface area (Å²) in [6.45, 7) is 7.53. The Bertz CT molecular complexity index is 1280.